The van der Waals surface area contributed by atoms with Crippen molar-refractivity contribution in [2.45, 2.75) is 19.5 Å². The zero-order valence-corrected chi connectivity index (χ0v) is 12.2. The normalized spacial score (nSPS) is 19.3. The standard InChI is InChI=1S/C14H19N3O.ClH/c1-11-9-17(6-5-16-11)10-12-3-4-13(8-15)14(7-12)18-2;/h3-4,7,11,16H,5-6,9-10H2,1-2H3;1H/t11-;/m1./s1. The van der Waals surface area contributed by atoms with Crippen LogP contribution in [0, 0.1) is 11.3 Å². The van der Waals surface area contributed by atoms with E-state index in [2.05, 4.69) is 23.2 Å². The molecule has 0 unspecified atom stereocenters. The molecule has 2 rings (SSSR count). The highest BCUT2D eigenvalue weighted by Gasteiger charge is 2.16. The summed E-state index contributed by atoms with van der Waals surface area (Å²) in [6.45, 7) is 6.27. The molecule has 1 fully saturated rings. The van der Waals surface area contributed by atoms with Crippen molar-refractivity contribution >= 4 is 12.4 Å². The van der Waals surface area contributed by atoms with Gasteiger partial charge in [0.25, 0.3) is 0 Å². The predicted molar refractivity (Wildman–Crippen MR) is 77.7 cm³/mol. The molecule has 19 heavy (non-hydrogen) atoms. The molecule has 0 bridgehead atoms. The fourth-order valence-electron chi connectivity index (χ4n) is 2.34. The molecular formula is C14H20ClN3O. The quantitative estimate of drug-likeness (QED) is 0.918. The molecule has 1 saturated heterocycles. The lowest BCUT2D eigenvalue weighted by Gasteiger charge is -2.31. The number of halogens is 1. The first kappa shape index (κ1) is 15.8. The van der Waals surface area contributed by atoms with Crippen molar-refractivity contribution in [3.05, 3.63) is 29.3 Å². The minimum atomic E-state index is 0. The second kappa shape index (κ2) is 7.34. The number of rotatable bonds is 3. The van der Waals surface area contributed by atoms with Crippen LogP contribution in [0.3, 0.4) is 0 Å². The number of hydrogen-bond donors (Lipinski definition) is 1. The van der Waals surface area contributed by atoms with Crippen molar-refractivity contribution in [2.75, 3.05) is 26.7 Å². The first-order chi connectivity index (χ1) is 8.72. The summed E-state index contributed by atoms with van der Waals surface area (Å²) in [5.41, 5.74) is 1.79. The van der Waals surface area contributed by atoms with Gasteiger partial charge in [-0.2, -0.15) is 5.26 Å². The Kier molecular flexibility index (Phi) is 6.10. The third kappa shape index (κ3) is 4.10. The predicted octanol–water partition coefficient (Wildman–Crippen LogP) is 1.78. The third-order valence-corrected chi connectivity index (χ3v) is 3.25. The van der Waals surface area contributed by atoms with Gasteiger partial charge < -0.3 is 10.1 Å². The van der Waals surface area contributed by atoms with Crippen molar-refractivity contribution < 1.29 is 4.74 Å². The SMILES string of the molecule is COc1cc(CN2CCN[C@H](C)C2)ccc1C#N.Cl. The van der Waals surface area contributed by atoms with Gasteiger partial charge in [0.1, 0.15) is 11.8 Å². The molecule has 0 amide bonds. The topological polar surface area (TPSA) is 48.3 Å². The Morgan fingerprint density at radius 3 is 2.95 bits per heavy atom. The van der Waals surface area contributed by atoms with E-state index in [1.807, 2.05) is 18.2 Å². The summed E-state index contributed by atoms with van der Waals surface area (Å²) in [7, 11) is 1.60. The third-order valence-electron chi connectivity index (χ3n) is 3.25. The number of nitrogens with zero attached hydrogens (tertiary/aromatic N) is 2. The van der Waals surface area contributed by atoms with E-state index in [9.17, 15) is 0 Å². The van der Waals surface area contributed by atoms with E-state index in [4.69, 9.17) is 10.00 Å². The maximum absolute atomic E-state index is 8.95. The Morgan fingerprint density at radius 1 is 1.53 bits per heavy atom. The minimum Gasteiger partial charge on any atom is -0.495 e. The molecule has 1 aromatic carbocycles. The van der Waals surface area contributed by atoms with Crippen molar-refractivity contribution in [1.29, 1.82) is 5.26 Å². The Labute approximate surface area is 120 Å². The molecule has 1 N–H and O–H groups in total. The smallest absolute Gasteiger partial charge is 0.136 e. The molecule has 0 radical (unpaired) electrons. The summed E-state index contributed by atoms with van der Waals surface area (Å²) in [6, 6.07) is 8.48. The summed E-state index contributed by atoms with van der Waals surface area (Å²) >= 11 is 0. The maximum atomic E-state index is 8.95. The zero-order valence-electron chi connectivity index (χ0n) is 11.3. The van der Waals surface area contributed by atoms with Gasteiger partial charge in [-0.05, 0) is 24.6 Å². The molecule has 0 spiro atoms. The van der Waals surface area contributed by atoms with Crippen LogP contribution in [0.4, 0.5) is 0 Å². The van der Waals surface area contributed by atoms with Crippen LogP contribution in [-0.4, -0.2) is 37.7 Å². The molecule has 4 nitrogen and oxygen atoms in total. The molecule has 0 aliphatic carbocycles. The van der Waals surface area contributed by atoms with Gasteiger partial charge in [0, 0.05) is 32.2 Å². The Morgan fingerprint density at radius 2 is 2.32 bits per heavy atom. The second-order valence-corrected chi connectivity index (χ2v) is 4.74. The Hall–Kier alpha value is -1.28. The molecule has 1 aliphatic rings. The lowest BCUT2D eigenvalue weighted by atomic mass is 10.1. The van der Waals surface area contributed by atoms with Crippen LogP contribution in [-0.2, 0) is 6.54 Å². The number of hydrogen-bond acceptors (Lipinski definition) is 4. The molecule has 5 heteroatoms. The summed E-state index contributed by atoms with van der Waals surface area (Å²) in [5.74, 6) is 0.665. The zero-order chi connectivity index (χ0) is 13.0. The van der Waals surface area contributed by atoms with Gasteiger partial charge in [-0.15, -0.1) is 12.4 Å². The van der Waals surface area contributed by atoms with Crippen molar-refractivity contribution in [1.82, 2.24) is 10.2 Å². The first-order valence-electron chi connectivity index (χ1n) is 6.25. The average molecular weight is 282 g/mol. The van der Waals surface area contributed by atoms with Crippen molar-refractivity contribution in [3.63, 3.8) is 0 Å². The van der Waals surface area contributed by atoms with E-state index in [0.717, 1.165) is 26.2 Å². The van der Waals surface area contributed by atoms with Gasteiger partial charge in [0.15, 0.2) is 0 Å². The van der Waals surface area contributed by atoms with Crippen LogP contribution in [0.15, 0.2) is 18.2 Å². The molecular weight excluding hydrogens is 262 g/mol. The molecule has 1 heterocycles. The number of nitrogens with one attached hydrogen (secondary N) is 1. The van der Waals surface area contributed by atoms with Gasteiger partial charge in [-0.3, -0.25) is 4.90 Å². The monoisotopic (exact) mass is 281 g/mol. The van der Waals surface area contributed by atoms with Crippen LogP contribution >= 0.6 is 12.4 Å². The summed E-state index contributed by atoms with van der Waals surface area (Å²) in [4.78, 5) is 2.42. The van der Waals surface area contributed by atoms with E-state index >= 15 is 0 Å². The van der Waals surface area contributed by atoms with Gasteiger partial charge in [-0.1, -0.05) is 6.07 Å². The van der Waals surface area contributed by atoms with Gasteiger partial charge in [0.2, 0.25) is 0 Å². The van der Waals surface area contributed by atoms with Crippen LogP contribution < -0.4 is 10.1 Å². The van der Waals surface area contributed by atoms with Gasteiger partial charge in [0.05, 0.1) is 12.7 Å². The van der Waals surface area contributed by atoms with Gasteiger partial charge >= 0.3 is 0 Å². The number of nitriles is 1. The number of ether oxygens (including phenoxy) is 1. The molecule has 1 atom stereocenters. The second-order valence-electron chi connectivity index (χ2n) is 4.74. The van der Waals surface area contributed by atoms with E-state index in [-0.39, 0.29) is 12.4 Å². The first-order valence-corrected chi connectivity index (χ1v) is 6.25. The summed E-state index contributed by atoms with van der Waals surface area (Å²) in [5, 5.41) is 12.4. The van der Waals surface area contributed by atoms with Crippen LogP contribution in [0.2, 0.25) is 0 Å². The lowest BCUT2D eigenvalue weighted by Crippen LogP contribution is -2.48. The maximum Gasteiger partial charge on any atom is 0.136 e. The minimum absolute atomic E-state index is 0. The number of benzene rings is 1. The molecule has 1 aliphatic heterocycles. The molecule has 104 valence electrons. The van der Waals surface area contributed by atoms with Crippen LogP contribution in [0.5, 0.6) is 5.75 Å². The lowest BCUT2D eigenvalue weighted by molar-refractivity contribution is 0.199. The highest BCUT2D eigenvalue weighted by Crippen LogP contribution is 2.20. The molecule has 1 aromatic rings. The fourth-order valence-corrected chi connectivity index (χ4v) is 2.34. The largest absolute Gasteiger partial charge is 0.495 e. The molecule has 0 saturated carbocycles. The van der Waals surface area contributed by atoms with E-state index < -0.39 is 0 Å². The highest BCUT2D eigenvalue weighted by atomic mass is 35.5. The van der Waals surface area contributed by atoms with Crippen molar-refractivity contribution in [2.24, 2.45) is 0 Å². The average Bonchev–Trinajstić information content (AvgIpc) is 2.38. The van der Waals surface area contributed by atoms with E-state index in [1.54, 1.807) is 7.11 Å². The fraction of sp³-hybridized carbons (Fsp3) is 0.500. The van der Waals surface area contributed by atoms with E-state index in [1.165, 1.54) is 5.56 Å². The number of methoxy groups -OCH3 is 1. The van der Waals surface area contributed by atoms with Crippen LogP contribution in [0.1, 0.15) is 18.1 Å². The summed E-state index contributed by atoms with van der Waals surface area (Å²) in [6.07, 6.45) is 0. The van der Waals surface area contributed by atoms with Gasteiger partial charge in [-0.25, -0.2) is 0 Å². The Bertz CT molecular complexity index is 458. The van der Waals surface area contributed by atoms with Crippen LogP contribution in [0.25, 0.3) is 0 Å². The number of piperazine rings is 1. The molecule has 0 aromatic heterocycles. The Balaban J connectivity index is 0.00000180. The van der Waals surface area contributed by atoms with Crippen molar-refractivity contribution in [3.8, 4) is 11.8 Å². The van der Waals surface area contributed by atoms with E-state index in [0.29, 0.717) is 17.4 Å². The highest BCUT2D eigenvalue weighted by molar-refractivity contribution is 5.85. The summed E-state index contributed by atoms with van der Waals surface area (Å²) < 4.78 is 5.23.